The van der Waals surface area contributed by atoms with Gasteiger partial charge in [-0.25, -0.2) is 13.1 Å². The number of fused-ring (bicyclic) bond motifs is 1. The second kappa shape index (κ2) is 8.53. The zero-order valence-electron chi connectivity index (χ0n) is 15.8. The van der Waals surface area contributed by atoms with Gasteiger partial charge < -0.3 is 9.84 Å². The molecule has 7 nitrogen and oxygen atoms in total. The molecule has 1 amide bonds. The summed E-state index contributed by atoms with van der Waals surface area (Å²) in [6.07, 6.45) is 0.133. The van der Waals surface area contributed by atoms with Crippen molar-refractivity contribution in [1.29, 1.82) is 0 Å². The molecule has 0 radical (unpaired) electrons. The van der Waals surface area contributed by atoms with E-state index in [1.807, 2.05) is 36.4 Å². The van der Waals surface area contributed by atoms with Crippen molar-refractivity contribution in [2.24, 2.45) is 0 Å². The molecule has 2 N–H and O–H groups in total. The van der Waals surface area contributed by atoms with E-state index in [4.69, 9.17) is 4.52 Å². The van der Waals surface area contributed by atoms with Gasteiger partial charge in [0.25, 0.3) is 0 Å². The Balaban J connectivity index is 1.54. The van der Waals surface area contributed by atoms with Crippen LogP contribution in [0.3, 0.4) is 0 Å². The smallest absolute Gasteiger partial charge is 0.226 e. The van der Waals surface area contributed by atoms with Crippen LogP contribution in [0, 0.1) is 0 Å². The molecular weight excluding hydrogens is 378 g/mol. The molecule has 0 bridgehead atoms. The van der Waals surface area contributed by atoms with Crippen LogP contribution in [0.5, 0.6) is 0 Å². The molecule has 0 saturated carbocycles. The molecule has 0 saturated heterocycles. The molecule has 28 heavy (non-hydrogen) atoms. The summed E-state index contributed by atoms with van der Waals surface area (Å²) in [6.45, 7) is 3.92. The van der Waals surface area contributed by atoms with Crippen molar-refractivity contribution in [3.8, 4) is 0 Å². The fraction of sp³-hybridized carbons (Fsp3) is 0.300. The van der Waals surface area contributed by atoms with Gasteiger partial charge >= 0.3 is 0 Å². The Labute approximate surface area is 164 Å². The van der Waals surface area contributed by atoms with Crippen molar-refractivity contribution in [3.05, 3.63) is 65.4 Å². The fourth-order valence-electron chi connectivity index (χ4n) is 2.85. The normalized spacial score (nSPS) is 11.8. The van der Waals surface area contributed by atoms with Gasteiger partial charge in [0.1, 0.15) is 5.69 Å². The number of sulfonamides is 1. The summed E-state index contributed by atoms with van der Waals surface area (Å²) in [4.78, 5) is 12.2. The number of rotatable bonds is 8. The van der Waals surface area contributed by atoms with E-state index < -0.39 is 10.0 Å². The van der Waals surface area contributed by atoms with Crippen molar-refractivity contribution < 1.29 is 17.7 Å². The lowest BCUT2D eigenvalue weighted by Crippen LogP contribution is -2.31. The first-order chi connectivity index (χ1) is 13.3. The maximum Gasteiger partial charge on any atom is 0.226 e. The average molecular weight is 401 g/mol. The lowest BCUT2D eigenvalue weighted by molar-refractivity contribution is -0.120. The van der Waals surface area contributed by atoms with Crippen molar-refractivity contribution >= 4 is 26.9 Å². The Bertz CT molecular complexity index is 1060. The quantitative estimate of drug-likeness (QED) is 0.604. The first kappa shape index (κ1) is 20.0. The number of carbonyl (C=O) groups excluding carboxylic acids is 1. The summed E-state index contributed by atoms with van der Waals surface area (Å²) in [5, 5.41) is 7.63. The second-order valence-electron chi connectivity index (χ2n) is 6.93. The fourth-order valence-corrected chi connectivity index (χ4v) is 4.29. The Morgan fingerprint density at radius 3 is 2.46 bits per heavy atom. The van der Waals surface area contributed by atoms with E-state index in [0.717, 1.165) is 10.9 Å². The molecule has 0 atom stereocenters. The van der Waals surface area contributed by atoms with Gasteiger partial charge in [0.2, 0.25) is 15.9 Å². The predicted octanol–water partition coefficient (Wildman–Crippen LogP) is 2.51. The van der Waals surface area contributed by atoms with Crippen LogP contribution < -0.4 is 10.0 Å². The van der Waals surface area contributed by atoms with Gasteiger partial charge in [-0.05, 0) is 37.1 Å². The number of para-hydroxylation sites is 1. The molecule has 0 fully saturated rings. The molecule has 0 aliphatic rings. The Morgan fingerprint density at radius 2 is 1.75 bits per heavy atom. The van der Waals surface area contributed by atoms with Crippen LogP contribution in [0.25, 0.3) is 11.0 Å². The number of hydrogen-bond acceptors (Lipinski definition) is 5. The highest BCUT2D eigenvalue weighted by molar-refractivity contribution is 7.88. The molecule has 3 aromatic rings. The molecule has 8 heteroatoms. The lowest BCUT2D eigenvalue weighted by atomic mass is 10.1. The van der Waals surface area contributed by atoms with Crippen LogP contribution in [0.15, 0.2) is 53.1 Å². The van der Waals surface area contributed by atoms with Crippen molar-refractivity contribution in [2.75, 3.05) is 0 Å². The number of nitrogens with one attached hydrogen (secondary N) is 2. The van der Waals surface area contributed by atoms with E-state index in [0.29, 0.717) is 23.4 Å². The first-order valence-corrected chi connectivity index (χ1v) is 10.7. The van der Waals surface area contributed by atoms with E-state index >= 15 is 0 Å². The van der Waals surface area contributed by atoms with E-state index in [2.05, 4.69) is 15.2 Å². The molecule has 0 spiro atoms. The van der Waals surface area contributed by atoms with Crippen molar-refractivity contribution in [2.45, 2.75) is 38.6 Å². The molecule has 1 heterocycles. The van der Waals surface area contributed by atoms with E-state index in [9.17, 15) is 13.2 Å². The summed E-state index contributed by atoms with van der Waals surface area (Å²) in [5.41, 5.74) is 2.84. The molecule has 1 aromatic heterocycles. The highest BCUT2D eigenvalue weighted by Gasteiger charge is 2.14. The zero-order chi connectivity index (χ0) is 20.1. The maximum atomic E-state index is 12.2. The number of nitrogens with zero attached hydrogens (tertiary/aromatic N) is 1. The van der Waals surface area contributed by atoms with E-state index in [1.54, 1.807) is 26.0 Å². The van der Waals surface area contributed by atoms with Crippen LogP contribution in [-0.4, -0.2) is 25.5 Å². The average Bonchev–Trinajstić information content (AvgIpc) is 3.03. The lowest BCUT2D eigenvalue weighted by Gasteiger charge is -2.10. The van der Waals surface area contributed by atoms with Crippen LogP contribution >= 0.6 is 0 Å². The molecule has 0 unspecified atom stereocenters. The zero-order valence-corrected chi connectivity index (χ0v) is 16.6. The standard InChI is InChI=1S/C20H23N3O4S/c1-14(2)23-28(25,26)13-16-9-7-15(8-10-16)12-21-20(24)11-18-17-5-3-4-6-19(17)27-22-18/h3-10,14,23H,11-13H2,1-2H3,(H,21,24). The second-order valence-corrected chi connectivity index (χ2v) is 8.68. The minimum atomic E-state index is -3.36. The maximum absolute atomic E-state index is 12.2. The molecular formula is C20H23N3O4S. The number of amides is 1. The highest BCUT2D eigenvalue weighted by Crippen LogP contribution is 2.18. The molecule has 3 rings (SSSR count). The minimum absolute atomic E-state index is 0.0724. The van der Waals surface area contributed by atoms with Crippen LogP contribution in [0.2, 0.25) is 0 Å². The van der Waals surface area contributed by atoms with E-state index in [-0.39, 0.29) is 24.1 Å². The Kier molecular flexibility index (Phi) is 6.11. The monoisotopic (exact) mass is 401 g/mol. The van der Waals surface area contributed by atoms with Gasteiger partial charge in [-0.1, -0.05) is 41.6 Å². The van der Waals surface area contributed by atoms with E-state index in [1.165, 1.54) is 0 Å². The van der Waals surface area contributed by atoms with Crippen LogP contribution in [-0.2, 0) is 33.5 Å². The third-order valence-electron chi connectivity index (χ3n) is 4.06. The van der Waals surface area contributed by atoms with Gasteiger partial charge in [-0.2, -0.15) is 0 Å². The van der Waals surface area contributed by atoms with Gasteiger partial charge in [-0.15, -0.1) is 0 Å². The van der Waals surface area contributed by atoms with Gasteiger partial charge in [0.15, 0.2) is 5.58 Å². The topological polar surface area (TPSA) is 101 Å². The van der Waals surface area contributed by atoms with Gasteiger partial charge in [0, 0.05) is 18.0 Å². The summed E-state index contributed by atoms with van der Waals surface area (Å²) in [5.74, 6) is -0.233. The summed E-state index contributed by atoms with van der Waals surface area (Å²) < 4.78 is 31.7. The Morgan fingerprint density at radius 1 is 1.07 bits per heavy atom. The largest absolute Gasteiger partial charge is 0.356 e. The molecule has 0 aliphatic carbocycles. The summed E-state index contributed by atoms with van der Waals surface area (Å²) >= 11 is 0. The predicted molar refractivity (Wildman–Crippen MR) is 107 cm³/mol. The number of benzene rings is 2. The molecule has 148 valence electrons. The van der Waals surface area contributed by atoms with Crippen molar-refractivity contribution in [3.63, 3.8) is 0 Å². The molecule has 0 aliphatic heterocycles. The highest BCUT2D eigenvalue weighted by atomic mass is 32.2. The van der Waals surface area contributed by atoms with Crippen LogP contribution in [0.4, 0.5) is 0 Å². The summed E-state index contributed by atoms with van der Waals surface area (Å²) in [6, 6.07) is 14.4. The first-order valence-electron chi connectivity index (χ1n) is 9.00. The van der Waals surface area contributed by atoms with Crippen molar-refractivity contribution in [1.82, 2.24) is 15.2 Å². The van der Waals surface area contributed by atoms with Gasteiger partial charge in [-0.3, -0.25) is 4.79 Å². The molecule has 2 aromatic carbocycles. The SMILES string of the molecule is CC(C)NS(=O)(=O)Cc1ccc(CNC(=O)Cc2noc3ccccc23)cc1. The summed E-state index contributed by atoms with van der Waals surface area (Å²) in [7, 11) is -3.36. The minimum Gasteiger partial charge on any atom is -0.356 e. The Hall–Kier alpha value is -2.71. The van der Waals surface area contributed by atoms with Crippen LogP contribution in [0.1, 0.15) is 30.7 Å². The number of hydrogen-bond donors (Lipinski definition) is 2. The third-order valence-corrected chi connectivity index (χ3v) is 5.61. The number of aromatic nitrogens is 1. The third kappa shape index (κ3) is 5.40. The number of carbonyl (C=O) groups is 1. The van der Waals surface area contributed by atoms with Gasteiger partial charge in [0.05, 0.1) is 12.2 Å².